The molecule has 1 saturated heterocycles. The van der Waals surface area contributed by atoms with Crippen LogP contribution in [0.15, 0.2) is 18.2 Å². The molecule has 1 aromatic rings. The Hall–Kier alpha value is -0.930. The van der Waals surface area contributed by atoms with E-state index in [-0.39, 0.29) is 18.3 Å². The summed E-state index contributed by atoms with van der Waals surface area (Å²) < 4.78 is 0. The number of amides is 1. The number of anilines is 1. The van der Waals surface area contributed by atoms with Crippen LogP contribution in [0.2, 0.25) is 5.02 Å². The lowest BCUT2D eigenvalue weighted by Gasteiger charge is -2.15. The van der Waals surface area contributed by atoms with Crippen molar-refractivity contribution in [2.24, 2.45) is 0 Å². The molecule has 0 spiro atoms. The smallest absolute Gasteiger partial charge is 0.253 e. The highest BCUT2D eigenvalue weighted by Gasteiger charge is 2.19. The molecule has 1 heterocycles. The first kappa shape index (κ1) is 13.1. The van der Waals surface area contributed by atoms with Crippen molar-refractivity contribution in [2.75, 3.05) is 18.8 Å². The lowest BCUT2D eigenvalue weighted by Crippen LogP contribution is -2.27. The van der Waals surface area contributed by atoms with Crippen LogP contribution in [0.5, 0.6) is 0 Å². The van der Waals surface area contributed by atoms with E-state index < -0.39 is 0 Å². The Morgan fingerprint density at radius 2 is 1.94 bits per heavy atom. The van der Waals surface area contributed by atoms with Crippen molar-refractivity contribution >= 4 is 35.6 Å². The molecule has 0 atom stereocenters. The van der Waals surface area contributed by atoms with Crippen LogP contribution in [0.4, 0.5) is 5.69 Å². The van der Waals surface area contributed by atoms with Crippen LogP contribution < -0.4 is 5.73 Å². The first-order valence-electron chi connectivity index (χ1n) is 5.03. The molecule has 5 heteroatoms. The average molecular weight is 261 g/mol. The van der Waals surface area contributed by atoms with E-state index >= 15 is 0 Å². The minimum Gasteiger partial charge on any atom is -0.398 e. The zero-order valence-corrected chi connectivity index (χ0v) is 10.4. The van der Waals surface area contributed by atoms with E-state index in [2.05, 4.69) is 0 Å². The van der Waals surface area contributed by atoms with E-state index in [1.807, 2.05) is 4.90 Å². The van der Waals surface area contributed by atoms with Gasteiger partial charge in [-0.3, -0.25) is 4.79 Å². The van der Waals surface area contributed by atoms with E-state index in [9.17, 15) is 4.79 Å². The second-order valence-corrected chi connectivity index (χ2v) is 4.14. The number of rotatable bonds is 1. The van der Waals surface area contributed by atoms with Crippen LogP contribution in [0.3, 0.4) is 0 Å². The fourth-order valence-electron chi connectivity index (χ4n) is 1.78. The predicted octanol–water partition coefficient (Wildman–Crippen LogP) is 2.58. The van der Waals surface area contributed by atoms with E-state index in [0.29, 0.717) is 16.3 Å². The summed E-state index contributed by atoms with van der Waals surface area (Å²) in [5.41, 5.74) is 6.74. The minimum atomic E-state index is 0. The summed E-state index contributed by atoms with van der Waals surface area (Å²) in [6.45, 7) is 1.70. The third kappa shape index (κ3) is 2.60. The normalized spacial score (nSPS) is 14.7. The molecule has 0 aromatic heterocycles. The van der Waals surface area contributed by atoms with Gasteiger partial charge in [-0.15, -0.1) is 12.4 Å². The zero-order chi connectivity index (χ0) is 10.8. The molecule has 0 radical (unpaired) electrons. The summed E-state index contributed by atoms with van der Waals surface area (Å²) in [7, 11) is 0. The quantitative estimate of drug-likeness (QED) is 0.790. The number of nitrogen functional groups attached to an aromatic ring is 1. The molecule has 0 aliphatic carbocycles. The van der Waals surface area contributed by atoms with Crippen LogP contribution in [-0.4, -0.2) is 23.9 Å². The molecule has 16 heavy (non-hydrogen) atoms. The van der Waals surface area contributed by atoms with Crippen molar-refractivity contribution in [1.82, 2.24) is 4.90 Å². The molecule has 1 aliphatic heterocycles. The Labute approximate surface area is 106 Å². The van der Waals surface area contributed by atoms with E-state index in [1.54, 1.807) is 18.2 Å². The molecular weight excluding hydrogens is 247 g/mol. The highest BCUT2D eigenvalue weighted by atomic mass is 35.5. The van der Waals surface area contributed by atoms with Crippen LogP contribution in [0.1, 0.15) is 23.2 Å². The standard InChI is InChI=1S/C11H13ClN2O.ClH/c12-9-4-3-8(7-10(9)13)11(15)14-5-1-2-6-14;/h3-4,7H,1-2,5-6,13H2;1H. The summed E-state index contributed by atoms with van der Waals surface area (Å²) in [6.07, 6.45) is 2.18. The molecule has 1 amide bonds. The summed E-state index contributed by atoms with van der Waals surface area (Å²) in [5, 5.41) is 0.493. The number of nitrogens with zero attached hydrogens (tertiary/aromatic N) is 1. The second-order valence-electron chi connectivity index (χ2n) is 3.74. The third-order valence-corrected chi connectivity index (χ3v) is 2.98. The lowest BCUT2D eigenvalue weighted by molar-refractivity contribution is 0.0793. The van der Waals surface area contributed by atoms with Crippen molar-refractivity contribution in [2.45, 2.75) is 12.8 Å². The van der Waals surface area contributed by atoms with Crippen molar-refractivity contribution in [3.8, 4) is 0 Å². The lowest BCUT2D eigenvalue weighted by atomic mass is 10.2. The number of carbonyl (C=O) groups excluding carboxylic acids is 1. The Morgan fingerprint density at radius 3 is 2.50 bits per heavy atom. The van der Waals surface area contributed by atoms with Gasteiger partial charge in [0.1, 0.15) is 0 Å². The number of nitrogens with two attached hydrogens (primary N) is 1. The molecular formula is C11H14Cl2N2O. The number of benzene rings is 1. The minimum absolute atomic E-state index is 0. The highest BCUT2D eigenvalue weighted by molar-refractivity contribution is 6.33. The van der Waals surface area contributed by atoms with Gasteiger partial charge in [0.2, 0.25) is 0 Å². The largest absolute Gasteiger partial charge is 0.398 e. The molecule has 1 aliphatic rings. The summed E-state index contributed by atoms with van der Waals surface area (Å²) >= 11 is 5.80. The Morgan fingerprint density at radius 1 is 1.31 bits per heavy atom. The van der Waals surface area contributed by atoms with E-state index in [4.69, 9.17) is 17.3 Å². The molecule has 2 rings (SSSR count). The molecule has 1 fully saturated rings. The monoisotopic (exact) mass is 260 g/mol. The van der Waals surface area contributed by atoms with E-state index in [1.165, 1.54) is 0 Å². The van der Waals surface area contributed by atoms with Gasteiger partial charge in [0.05, 0.1) is 10.7 Å². The fourth-order valence-corrected chi connectivity index (χ4v) is 1.90. The van der Waals surface area contributed by atoms with Crippen molar-refractivity contribution in [3.63, 3.8) is 0 Å². The van der Waals surface area contributed by atoms with Gasteiger partial charge in [-0.05, 0) is 31.0 Å². The molecule has 0 unspecified atom stereocenters. The predicted molar refractivity (Wildman–Crippen MR) is 68.2 cm³/mol. The summed E-state index contributed by atoms with van der Waals surface area (Å²) in [5.74, 6) is 0.0517. The third-order valence-electron chi connectivity index (χ3n) is 2.64. The summed E-state index contributed by atoms with van der Waals surface area (Å²) in [4.78, 5) is 13.8. The van der Waals surface area contributed by atoms with Crippen molar-refractivity contribution in [3.05, 3.63) is 28.8 Å². The van der Waals surface area contributed by atoms with Gasteiger partial charge in [-0.2, -0.15) is 0 Å². The first-order chi connectivity index (χ1) is 7.18. The van der Waals surface area contributed by atoms with Gasteiger partial charge >= 0.3 is 0 Å². The molecule has 88 valence electrons. The van der Waals surface area contributed by atoms with Crippen molar-refractivity contribution in [1.29, 1.82) is 0 Å². The second kappa shape index (κ2) is 5.41. The molecule has 2 N–H and O–H groups in total. The maximum atomic E-state index is 11.9. The molecule has 1 aromatic carbocycles. The number of hydrogen-bond donors (Lipinski definition) is 1. The average Bonchev–Trinajstić information content (AvgIpc) is 2.74. The van der Waals surface area contributed by atoms with Crippen molar-refractivity contribution < 1.29 is 4.79 Å². The molecule has 0 saturated carbocycles. The summed E-state index contributed by atoms with van der Waals surface area (Å²) in [6, 6.07) is 5.03. The topological polar surface area (TPSA) is 46.3 Å². The SMILES string of the molecule is Cl.Nc1cc(C(=O)N2CCCC2)ccc1Cl. The van der Waals surface area contributed by atoms with Gasteiger partial charge < -0.3 is 10.6 Å². The fraction of sp³-hybridized carbons (Fsp3) is 0.364. The maximum absolute atomic E-state index is 11.9. The van der Waals surface area contributed by atoms with Crippen LogP contribution in [-0.2, 0) is 0 Å². The van der Waals surface area contributed by atoms with Gasteiger partial charge in [0, 0.05) is 18.7 Å². The van der Waals surface area contributed by atoms with Gasteiger partial charge in [0.25, 0.3) is 5.91 Å². The van der Waals surface area contributed by atoms with Crippen LogP contribution in [0.25, 0.3) is 0 Å². The zero-order valence-electron chi connectivity index (χ0n) is 8.78. The highest BCUT2D eigenvalue weighted by Crippen LogP contribution is 2.21. The van der Waals surface area contributed by atoms with Gasteiger partial charge in [-0.25, -0.2) is 0 Å². The van der Waals surface area contributed by atoms with Crippen LogP contribution >= 0.6 is 24.0 Å². The van der Waals surface area contributed by atoms with Gasteiger partial charge in [-0.1, -0.05) is 11.6 Å². The Kier molecular flexibility index (Phi) is 4.44. The number of hydrogen-bond acceptors (Lipinski definition) is 2. The first-order valence-corrected chi connectivity index (χ1v) is 5.40. The molecule has 0 bridgehead atoms. The maximum Gasteiger partial charge on any atom is 0.253 e. The van der Waals surface area contributed by atoms with Crippen LogP contribution in [0, 0.1) is 0 Å². The Balaban J connectivity index is 0.00000128. The number of halogens is 2. The van der Waals surface area contributed by atoms with Gasteiger partial charge in [0.15, 0.2) is 0 Å². The number of likely N-dealkylation sites (tertiary alicyclic amines) is 1. The number of carbonyl (C=O) groups is 1. The van der Waals surface area contributed by atoms with E-state index in [0.717, 1.165) is 25.9 Å². The molecule has 3 nitrogen and oxygen atoms in total. The Bertz CT molecular complexity index is 390.